The predicted octanol–water partition coefficient (Wildman–Crippen LogP) is -2.44. The molecule has 0 radical (unpaired) electrons. The molecular formula is C13H25MgNaO7S. The number of hydrogen-bond donors (Lipinski definition) is 0. The molecule has 0 aromatic rings. The summed E-state index contributed by atoms with van der Waals surface area (Å²) in [5.41, 5.74) is 0. The van der Waals surface area contributed by atoms with E-state index in [1.165, 1.54) is 44.9 Å². The molecule has 0 aliphatic rings. The molecule has 0 N–H and O–H groups in total. The largest absolute Gasteiger partial charge is 2.00 e. The molecule has 0 rings (SSSR count). The van der Waals surface area contributed by atoms with E-state index in [0.29, 0.717) is 6.42 Å². The monoisotopic (exact) mass is 372 g/mol. The first kappa shape index (κ1) is 31.7. The van der Waals surface area contributed by atoms with Crippen molar-refractivity contribution in [3.8, 4) is 0 Å². The first-order valence-electron chi connectivity index (χ1n) is 7.27. The van der Waals surface area contributed by atoms with Crippen LogP contribution in [0.4, 0.5) is 4.79 Å². The van der Waals surface area contributed by atoms with Gasteiger partial charge in [-0.25, -0.2) is 8.42 Å². The smallest absolute Gasteiger partial charge is 0.726 e. The van der Waals surface area contributed by atoms with Gasteiger partial charge in [0, 0.05) is 0 Å². The maximum absolute atomic E-state index is 10.1. The normalized spacial score (nSPS) is 9.83. The van der Waals surface area contributed by atoms with Gasteiger partial charge in [-0.1, -0.05) is 64.7 Å². The molecule has 0 bridgehead atoms. The number of carbonyl (C=O) groups excluding carboxylic acids is 1. The fraction of sp³-hybridized carbons (Fsp3) is 0.923. The van der Waals surface area contributed by atoms with E-state index in [4.69, 9.17) is 15.0 Å². The average Bonchev–Trinajstić information content (AvgIpc) is 2.34. The maximum atomic E-state index is 10.1. The predicted molar refractivity (Wildman–Crippen MR) is 78.6 cm³/mol. The summed E-state index contributed by atoms with van der Waals surface area (Å²) >= 11 is 0. The van der Waals surface area contributed by atoms with Crippen LogP contribution in [0.2, 0.25) is 0 Å². The zero-order valence-electron chi connectivity index (χ0n) is 14.3. The van der Waals surface area contributed by atoms with Gasteiger partial charge in [0.1, 0.15) is 0 Å². The van der Waals surface area contributed by atoms with Crippen LogP contribution in [0.25, 0.3) is 0 Å². The van der Waals surface area contributed by atoms with E-state index in [-0.39, 0.29) is 59.2 Å². The molecule has 0 aromatic carbocycles. The van der Waals surface area contributed by atoms with Crippen LogP contribution in [-0.2, 0) is 14.6 Å². The second-order valence-corrected chi connectivity index (χ2v) is 5.71. The molecule has 0 spiro atoms. The summed E-state index contributed by atoms with van der Waals surface area (Å²) in [6.07, 6.45) is 9.37. The topological polar surface area (TPSA) is 130 Å². The first-order valence-corrected chi connectivity index (χ1v) is 8.61. The molecule has 0 aliphatic carbocycles. The minimum Gasteiger partial charge on any atom is -0.726 e. The zero-order chi connectivity index (χ0) is 16.6. The Labute approximate surface area is 178 Å². The van der Waals surface area contributed by atoms with Crippen LogP contribution in [0.1, 0.15) is 71.1 Å². The van der Waals surface area contributed by atoms with Gasteiger partial charge in [-0.05, 0) is 12.6 Å². The van der Waals surface area contributed by atoms with Crippen molar-refractivity contribution in [2.75, 3.05) is 6.61 Å². The van der Waals surface area contributed by atoms with Crippen molar-refractivity contribution in [2.45, 2.75) is 71.1 Å². The molecule has 0 saturated carbocycles. The third-order valence-corrected chi connectivity index (χ3v) is 3.18. The Morgan fingerprint density at radius 1 is 0.870 bits per heavy atom. The quantitative estimate of drug-likeness (QED) is 0.161. The maximum Gasteiger partial charge on any atom is 2.00 e. The second kappa shape index (κ2) is 22.9. The SMILES string of the molecule is CCCCCCCCCCCCOS(=O)(=O)[O-].O=C([O-])[O-].[Mg+2].[Na+]. The summed E-state index contributed by atoms with van der Waals surface area (Å²) in [5.74, 6) is 0. The Kier molecular flexibility index (Phi) is 31.5. The Morgan fingerprint density at radius 2 is 1.17 bits per heavy atom. The molecule has 0 fully saturated rings. The van der Waals surface area contributed by atoms with Gasteiger partial charge in [0.15, 0.2) is 0 Å². The van der Waals surface area contributed by atoms with Crippen LogP contribution in [-0.4, -0.2) is 48.8 Å². The number of unbranched alkanes of at least 4 members (excludes halogenated alkanes) is 9. The molecule has 0 unspecified atom stereocenters. The zero-order valence-corrected chi connectivity index (χ0v) is 18.5. The van der Waals surface area contributed by atoms with Crippen molar-refractivity contribution in [1.29, 1.82) is 0 Å². The fourth-order valence-electron chi connectivity index (χ4n) is 1.75. The van der Waals surface area contributed by atoms with Crippen LogP contribution in [0.15, 0.2) is 0 Å². The molecule has 0 atom stereocenters. The van der Waals surface area contributed by atoms with E-state index in [9.17, 15) is 13.0 Å². The Bertz CT molecular complexity index is 335. The van der Waals surface area contributed by atoms with Crippen LogP contribution in [0, 0.1) is 0 Å². The molecule has 0 aliphatic heterocycles. The second-order valence-electron chi connectivity index (χ2n) is 4.66. The van der Waals surface area contributed by atoms with Crippen molar-refractivity contribution >= 4 is 39.6 Å². The number of rotatable bonds is 12. The Morgan fingerprint density at radius 3 is 1.48 bits per heavy atom. The summed E-state index contributed by atoms with van der Waals surface area (Å²) in [7, 11) is -4.48. The van der Waals surface area contributed by atoms with E-state index in [1.54, 1.807) is 0 Å². The van der Waals surface area contributed by atoms with Crippen molar-refractivity contribution in [3.63, 3.8) is 0 Å². The van der Waals surface area contributed by atoms with Crippen LogP contribution in [0.5, 0.6) is 0 Å². The van der Waals surface area contributed by atoms with Gasteiger partial charge in [-0.15, -0.1) is 0 Å². The molecule has 0 saturated heterocycles. The molecule has 128 valence electrons. The van der Waals surface area contributed by atoms with Gasteiger partial charge in [-0.3, -0.25) is 4.18 Å². The molecule has 7 nitrogen and oxygen atoms in total. The third-order valence-electron chi connectivity index (χ3n) is 2.73. The van der Waals surface area contributed by atoms with Crippen LogP contribution >= 0.6 is 0 Å². The summed E-state index contributed by atoms with van der Waals surface area (Å²) in [6.45, 7) is 2.24. The number of hydrogen-bond acceptors (Lipinski definition) is 7. The molecule has 10 heteroatoms. The Balaban J connectivity index is -0.000000268. The number of carbonyl (C=O) groups is 1. The first-order chi connectivity index (χ1) is 9.79. The van der Waals surface area contributed by atoms with E-state index in [0.717, 1.165) is 12.8 Å². The number of carboxylic acid groups (broad SMARTS) is 2. The Hall–Kier alpha value is 0.906. The molecule has 0 aromatic heterocycles. The van der Waals surface area contributed by atoms with E-state index >= 15 is 0 Å². The molecule has 0 heterocycles. The van der Waals surface area contributed by atoms with Crippen LogP contribution < -0.4 is 39.8 Å². The van der Waals surface area contributed by atoms with Gasteiger partial charge in [0.25, 0.3) is 0 Å². The summed E-state index contributed by atoms with van der Waals surface area (Å²) < 4.78 is 34.5. The summed E-state index contributed by atoms with van der Waals surface area (Å²) in [6, 6.07) is 0. The third kappa shape index (κ3) is 45.1. The van der Waals surface area contributed by atoms with E-state index < -0.39 is 16.6 Å². The van der Waals surface area contributed by atoms with E-state index in [1.807, 2.05) is 0 Å². The standard InChI is InChI=1S/C12H26O4S.CH2O3.Mg.Na/c1-2-3-4-5-6-7-8-9-10-11-12-16-17(13,14)15;2-1(3)4;;/h2-12H2,1H3,(H,13,14,15);(H2,2,3,4);;/q;;+2;+1/p-3. The minimum atomic E-state index is -4.48. The average molecular weight is 373 g/mol. The molecular weight excluding hydrogens is 347 g/mol. The van der Waals surface area contributed by atoms with Crippen molar-refractivity contribution < 1.29 is 61.7 Å². The minimum absolute atomic E-state index is 0. The van der Waals surface area contributed by atoms with Gasteiger partial charge < -0.3 is 19.6 Å². The van der Waals surface area contributed by atoms with Crippen molar-refractivity contribution in [3.05, 3.63) is 0 Å². The van der Waals surface area contributed by atoms with Crippen LogP contribution in [0.3, 0.4) is 0 Å². The van der Waals surface area contributed by atoms with Gasteiger partial charge in [0.2, 0.25) is 10.4 Å². The fourth-order valence-corrected chi connectivity index (χ4v) is 2.07. The summed E-state index contributed by atoms with van der Waals surface area (Å²) in [4.78, 5) is 8.33. The van der Waals surface area contributed by atoms with Gasteiger partial charge in [0.05, 0.1) is 6.61 Å². The van der Waals surface area contributed by atoms with Crippen molar-refractivity contribution in [2.24, 2.45) is 0 Å². The summed E-state index contributed by atoms with van der Waals surface area (Å²) in [5, 5.41) is 16.7. The molecule has 0 amide bonds. The van der Waals surface area contributed by atoms with Gasteiger partial charge >= 0.3 is 52.6 Å². The van der Waals surface area contributed by atoms with Gasteiger partial charge in [-0.2, -0.15) is 0 Å². The van der Waals surface area contributed by atoms with E-state index in [2.05, 4.69) is 11.1 Å². The van der Waals surface area contributed by atoms with Crippen molar-refractivity contribution in [1.82, 2.24) is 0 Å². The molecule has 23 heavy (non-hydrogen) atoms.